The molecule has 19 heavy (non-hydrogen) atoms. The number of ether oxygens (including phenoxy) is 1. The van der Waals surface area contributed by atoms with Gasteiger partial charge < -0.3 is 10.5 Å². The third-order valence-corrected chi connectivity index (χ3v) is 5.19. The van der Waals surface area contributed by atoms with Crippen molar-refractivity contribution in [3.05, 3.63) is 0 Å². The third kappa shape index (κ3) is 3.93. The Morgan fingerprint density at radius 1 is 1.21 bits per heavy atom. The SMILES string of the molecule is CCC1COC(C)CN1CC1(CN)CCCCCC1. The Bertz CT molecular complexity index is 261. The van der Waals surface area contributed by atoms with E-state index >= 15 is 0 Å². The van der Waals surface area contributed by atoms with Gasteiger partial charge in [-0.1, -0.05) is 32.6 Å². The molecule has 1 saturated carbocycles. The smallest absolute Gasteiger partial charge is 0.0674 e. The van der Waals surface area contributed by atoms with E-state index in [0.29, 0.717) is 17.6 Å². The molecule has 0 radical (unpaired) electrons. The molecule has 0 bridgehead atoms. The van der Waals surface area contributed by atoms with Crippen LogP contribution in [0.4, 0.5) is 0 Å². The van der Waals surface area contributed by atoms with Gasteiger partial charge in [-0.25, -0.2) is 0 Å². The van der Waals surface area contributed by atoms with Crippen LogP contribution in [0.15, 0.2) is 0 Å². The van der Waals surface area contributed by atoms with Crippen LogP contribution in [0.1, 0.15) is 58.8 Å². The summed E-state index contributed by atoms with van der Waals surface area (Å²) < 4.78 is 5.82. The fourth-order valence-electron chi connectivity index (χ4n) is 3.82. The second kappa shape index (κ2) is 7.05. The molecule has 1 saturated heterocycles. The summed E-state index contributed by atoms with van der Waals surface area (Å²) in [6.45, 7) is 8.50. The van der Waals surface area contributed by atoms with E-state index in [9.17, 15) is 0 Å². The molecule has 3 heteroatoms. The second-order valence-corrected chi connectivity index (χ2v) is 6.75. The molecule has 1 heterocycles. The highest BCUT2D eigenvalue weighted by Crippen LogP contribution is 2.36. The first-order valence-electron chi connectivity index (χ1n) is 8.25. The molecule has 1 aliphatic heterocycles. The van der Waals surface area contributed by atoms with Crippen LogP contribution in [0.2, 0.25) is 0 Å². The van der Waals surface area contributed by atoms with Gasteiger partial charge in [0.05, 0.1) is 12.7 Å². The predicted octanol–water partition coefficient (Wildman–Crippen LogP) is 2.79. The first-order valence-corrected chi connectivity index (χ1v) is 8.25. The summed E-state index contributed by atoms with van der Waals surface area (Å²) in [6.07, 6.45) is 9.76. The van der Waals surface area contributed by atoms with Crippen LogP contribution in [0.5, 0.6) is 0 Å². The second-order valence-electron chi connectivity index (χ2n) is 6.75. The quantitative estimate of drug-likeness (QED) is 0.797. The number of hydrogen-bond donors (Lipinski definition) is 1. The fraction of sp³-hybridized carbons (Fsp3) is 1.00. The summed E-state index contributed by atoms with van der Waals surface area (Å²) in [7, 11) is 0. The van der Waals surface area contributed by atoms with Gasteiger partial charge >= 0.3 is 0 Å². The Kier molecular flexibility index (Phi) is 5.67. The molecule has 0 aromatic heterocycles. The summed E-state index contributed by atoms with van der Waals surface area (Å²) in [6, 6.07) is 0.600. The van der Waals surface area contributed by atoms with Crippen LogP contribution in [0.25, 0.3) is 0 Å². The minimum Gasteiger partial charge on any atom is -0.376 e. The minimum absolute atomic E-state index is 0.376. The molecule has 2 fully saturated rings. The number of nitrogens with two attached hydrogens (primary N) is 1. The van der Waals surface area contributed by atoms with Gasteiger partial charge in [-0.2, -0.15) is 0 Å². The molecule has 2 N–H and O–H groups in total. The lowest BCUT2D eigenvalue weighted by Gasteiger charge is -2.44. The van der Waals surface area contributed by atoms with Crippen LogP contribution in [0.3, 0.4) is 0 Å². The van der Waals surface area contributed by atoms with E-state index in [2.05, 4.69) is 18.7 Å². The van der Waals surface area contributed by atoms with Crippen molar-refractivity contribution in [2.24, 2.45) is 11.1 Å². The largest absolute Gasteiger partial charge is 0.376 e. The van der Waals surface area contributed by atoms with Crippen LogP contribution in [-0.2, 0) is 4.74 Å². The van der Waals surface area contributed by atoms with Crippen molar-refractivity contribution >= 4 is 0 Å². The molecule has 1 aliphatic carbocycles. The Morgan fingerprint density at radius 3 is 2.47 bits per heavy atom. The highest BCUT2D eigenvalue weighted by Gasteiger charge is 2.35. The molecule has 0 aromatic rings. The van der Waals surface area contributed by atoms with Crippen molar-refractivity contribution in [2.45, 2.75) is 70.9 Å². The summed E-state index contributed by atoms with van der Waals surface area (Å²) in [4.78, 5) is 2.67. The number of morpholine rings is 1. The van der Waals surface area contributed by atoms with Gasteiger partial charge in [0.1, 0.15) is 0 Å². The zero-order valence-corrected chi connectivity index (χ0v) is 12.9. The lowest BCUT2D eigenvalue weighted by atomic mass is 9.79. The van der Waals surface area contributed by atoms with Gasteiger partial charge in [0.25, 0.3) is 0 Å². The molecule has 3 nitrogen and oxygen atoms in total. The predicted molar refractivity (Wildman–Crippen MR) is 80.3 cm³/mol. The maximum absolute atomic E-state index is 6.19. The Labute approximate surface area is 118 Å². The van der Waals surface area contributed by atoms with E-state index in [-0.39, 0.29) is 0 Å². The van der Waals surface area contributed by atoms with Gasteiger partial charge in [0.2, 0.25) is 0 Å². The first kappa shape index (κ1) is 15.3. The molecular formula is C16H32N2O. The molecule has 2 unspecified atom stereocenters. The minimum atomic E-state index is 0.376. The number of hydrogen-bond acceptors (Lipinski definition) is 3. The van der Waals surface area contributed by atoms with E-state index in [0.717, 1.165) is 19.7 Å². The topological polar surface area (TPSA) is 38.5 Å². The number of rotatable bonds is 4. The molecule has 2 atom stereocenters. The molecule has 0 aromatic carbocycles. The standard InChI is InChI=1S/C16H32N2O/c1-3-15-11-19-14(2)10-18(15)13-16(12-17)8-6-4-5-7-9-16/h14-15H,3-13,17H2,1-2H3. The van der Waals surface area contributed by atoms with E-state index < -0.39 is 0 Å². The van der Waals surface area contributed by atoms with Gasteiger partial charge in [-0.15, -0.1) is 0 Å². The highest BCUT2D eigenvalue weighted by atomic mass is 16.5. The number of nitrogens with zero attached hydrogens (tertiary/aromatic N) is 1. The first-order chi connectivity index (χ1) is 9.19. The normalized spacial score (nSPS) is 33.0. The van der Waals surface area contributed by atoms with Crippen molar-refractivity contribution in [2.75, 3.05) is 26.2 Å². The van der Waals surface area contributed by atoms with E-state index in [1.807, 2.05) is 0 Å². The lowest BCUT2D eigenvalue weighted by molar-refractivity contribution is -0.0701. The van der Waals surface area contributed by atoms with Crippen LogP contribution in [0, 0.1) is 5.41 Å². The fourth-order valence-corrected chi connectivity index (χ4v) is 3.82. The maximum Gasteiger partial charge on any atom is 0.0674 e. The van der Waals surface area contributed by atoms with Gasteiger partial charge in [-0.3, -0.25) is 4.90 Å². The summed E-state index contributed by atoms with van der Waals surface area (Å²) >= 11 is 0. The summed E-state index contributed by atoms with van der Waals surface area (Å²) in [5.41, 5.74) is 6.56. The Balaban J connectivity index is 2.02. The monoisotopic (exact) mass is 268 g/mol. The molecular weight excluding hydrogens is 236 g/mol. The van der Waals surface area contributed by atoms with Crippen molar-refractivity contribution in [3.8, 4) is 0 Å². The van der Waals surface area contributed by atoms with Crippen LogP contribution >= 0.6 is 0 Å². The molecule has 0 amide bonds. The van der Waals surface area contributed by atoms with Gasteiger partial charge in [0.15, 0.2) is 0 Å². The molecule has 2 aliphatic rings. The van der Waals surface area contributed by atoms with Gasteiger partial charge in [0, 0.05) is 19.1 Å². The Morgan fingerprint density at radius 2 is 1.89 bits per heavy atom. The van der Waals surface area contributed by atoms with Crippen molar-refractivity contribution in [3.63, 3.8) is 0 Å². The zero-order valence-electron chi connectivity index (χ0n) is 12.9. The van der Waals surface area contributed by atoms with Gasteiger partial charge in [-0.05, 0) is 38.1 Å². The van der Waals surface area contributed by atoms with Crippen molar-refractivity contribution < 1.29 is 4.74 Å². The summed E-state index contributed by atoms with van der Waals surface area (Å²) in [5.74, 6) is 0. The van der Waals surface area contributed by atoms with Crippen molar-refractivity contribution in [1.82, 2.24) is 4.90 Å². The molecule has 0 spiro atoms. The molecule has 112 valence electrons. The van der Waals surface area contributed by atoms with Crippen LogP contribution in [-0.4, -0.2) is 43.3 Å². The maximum atomic E-state index is 6.19. The highest BCUT2D eigenvalue weighted by molar-refractivity contribution is 4.89. The third-order valence-electron chi connectivity index (χ3n) is 5.19. The van der Waals surface area contributed by atoms with E-state index in [4.69, 9.17) is 10.5 Å². The van der Waals surface area contributed by atoms with E-state index in [1.165, 1.54) is 51.5 Å². The average molecular weight is 268 g/mol. The van der Waals surface area contributed by atoms with Crippen LogP contribution < -0.4 is 5.73 Å². The summed E-state index contributed by atoms with van der Waals surface area (Å²) in [5, 5.41) is 0. The average Bonchev–Trinajstić information content (AvgIpc) is 2.65. The zero-order chi connectivity index (χ0) is 13.7. The lowest BCUT2D eigenvalue weighted by Crippen LogP contribution is -2.53. The molecule has 2 rings (SSSR count). The Hall–Kier alpha value is -0.120. The van der Waals surface area contributed by atoms with Crippen molar-refractivity contribution in [1.29, 1.82) is 0 Å². The van der Waals surface area contributed by atoms with E-state index in [1.54, 1.807) is 0 Å².